The van der Waals surface area contributed by atoms with E-state index in [0.717, 1.165) is 12.3 Å². The summed E-state index contributed by atoms with van der Waals surface area (Å²) in [5, 5.41) is 2.84. The van der Waals surface area contributed by atoms with Gasteiger partial charge in [-0.15, -0.1) is 0 Å². The topological polar surface area (TPSA) is 45.2 Å². The first kappa shape index (κ1) is 17.2. The Balaban J connectivity index is 1.60. The second kappa shape index (κ2) is 6.70. The molecule has 0 aliphatic carbocycles. The van der Waals surface area contributed by atoms with E-state index in [1.807, 2.05) is 4.90 Å². The highest BCUT2D eigenvalue weighted by Crippen LogP contribution is 2.29. The quantitative estimate of drug-likeness (QED) is 0.862. The van der Waals surface area contributed by atoms with Crippen LogP contribution in [-0.2, 0) is 6.18 Å². The molecule has 1 atom stereocenters. The van der Waals surface area contributed by atoms with Gasteiger partial charge in [-0.3, -0.25) is 4.79 Å². The Kier molecular flexibility index (Phi) is 4.61. The van der Waals surface area contributed by atoms with Crippen LogP contribution in [0.2, 0.25) is 0 Å². The van der Waals surface area contributed by atoms with Crippen molar-refractivity contribution < 1.29 is 22.4 Å². The molecular formula is C17H15F4N3O. The van der Waals surface area contributed by atoms with E-state index in [4.69, 9.17) is 0 Å². The maximum atomic E-state index is 12.9. The number of anilines is 1. The van der Waals surface area contributed by atoms with Crippen molar-refractivity contribution in [3.05, 3.63) is 59.5 Å². The van der Waals surface area contributed by atoms with Gasteiger partial charge in [-0.05, 0) is 42.8 Å². The van der Waals surface area contributed by atoms with Crippen molar-refractivity contribution in [3.8, 4) is 0 Å². The third kappa shape index (κ3) is 4.07. The fourth-order valence-electron chi connectivity index (χ4n) is 2.70. The molecule has 1 aliphatic heterocycles. The molecule has 1 aromatic heterocycles. The van der Waals surface area contributed by atoms with Gasteiger partial charge in [0.25, 0.3) is 5.91 Å². The molecule has 1 amide bonds. The number of benzene rings is 1. The molecule has 0 bridgehead atoms. The van der Waals surface area contributed by atoms with Crippen LogP contribution in [0.3, 0.4) is 0 Å². The average Bonchev–Trinajstić information content (AvgIpc) is 3.03. The van der Waals surface area contributed by atoms with Gasteiger partial charge >= 0.3 is 6.18 Å². The maximum Gasteiger partial charge on any atom is 0.417 e. The van der Waals surface area contributed by atoms with Gasteiger partial charge in [0, 0.05) is 30.9 Å². The van der Waals surface area contributed by atoms with Crippen molar-refractivity contribution in [2.45, 2.75) is 18.6 Å². The molecule has 2 heterocycles. The molecule has 1 aliphatic rings. The van der Waals surface area contributed by atoms with E-state index < -0.39 is 17.6 Å². The third-order valence-corrected chi connectivity index (χ3v) is 4.03. The number of rotatable bonds is 3. The minimum Gasteiger partial charge on any atom is -0.354 e. The number of aromatic nitrogens is 1. The van der Waals surface area contributed by atoms with Crippen LogP contribution in [0, 0.1) is 5.82 Å². The summed E-state index contributed by atoms with van der Waals surface area (Å²) in [6.07, 6.45) is -2.96. The lowest BCUT2D eigenvalue weighted by Gasteiger charge is -2.18. The van der Waals surface area contributed by atoms with Crippen molar-refractivity contribution in [1.82, 2.24) is 10.3 Å². The molecule has 2 aromatic rings. The van der Waals surface area contributed by atoms with Crippen LogP contribution < -0.4 is 10.2 Å². The van der Waals surface area contributed by atoms with E-state index in [2.05, 4.69) is 10.3 Å². The minimum atomic E-state index is -4.41. The van der Waals surface area contributed by atoms with Crippen LogP contribution in [0.1, 0.15) is 22.3 Å². The lowest BCUT2D eigenvalue weighted by molar-refractivity contribution is -0.137. The van der Waals surface area contributed by atoms with Gasteiger partial charge in [0.2, 0.25) is 0 Å². The van der Waals surface area contributed by atoms with Gasteiger partial charge < -0.3 is 10.2 Å². The molecule has 132 valence electrons. The molecule has 25 heavy (non-hydrogen) atoms. The third-order valence-electron chi connectivity index (χ3n) is 4.03. The fourth-order valence-corrected chi connectivity index (χ4v) is 2.70. The Bertz CT molecular complexity index is 744. The van der Waals surface area contributed by atoms with E-state index in [9.17, 15) is 22.4 Å². The van der Waals surface area contributed by atoms with Crippen LogP contribution in [0.4, 0.5) is 23.4 Å². The number of amides is 1. The highest BCUT2D eigenvalue weighted by molar-refractivity contribution is 5.94. The highest BCUT2D eigenvalue weighted by Gasteiger charge is 2.31. The molecular weight excluding hydrogens is 338 g/mol. The number of pyridine rings is 1. The summed E-state index contributed by atoms with van der Waals surface area (Å²) in [6, 6.07) is 7.38. The summed E-state index contributed by atoms with van der Waals surface area (Å²) in [5.74, 6) is -0.296. The number of hydrogen-bond acceptors (Lipinski definition) is 3. The van der Waals surface area contributed by atoms with E-state index >= 15 is 0 Å². The second-order valence-electron chi connectivity index (χ2n) is 5.81. The van der Waals surface area contributed by atoms with E-state index in [-0.39, 0.29) is 11.9 Å². The number of carbonyl (C=O) groups is 1. The first-order chi connectivity index (χ1) is 11.8. The molecule has 0 spiro atoms. The molecule has 8 heteroatoms. The van der Waals surface area contributed by atoms with Gasteiger partial charge in [0.1, 0.15) is 11.6 Å². The van der Waals surface area contributed by atoms with Crippen molar-refractivity contribution in [1.29, 1.82) is 0 Å². The molecule has 4 nitrogen and oxygen atoms in total. The normalized spacial score (nSPS) is 17.6. The SMILES string of the molecule is O=C(NC1CCN(c2ccc(C(F)(F)F)cn2)C1)c1ccc(F)cc1. The molecule has 3 rings (SSSR count). The smallest absolute Gasteiger partial charge is 0.354 e. The fraction of sp³-hybridized carbons (Fsp3) is 0.294. The van der Waals surface area contributed by atoms with Crippen molar-refractivity contribution in [2.24, 2.45) is 0 Å². The molecule has 1 saturated heterocycles. The number of halogens is 4. The summed E-state index contributed by atoms with van der Waals surface area (Å²) < 4.78 is 50.6. The molecule has 1 N–H and O–H groups in total. The van der Waals surface area contributed by atoms with Gasteiger partial charge in [0.05, 0.1) is 5.56 Å². The average molecular weight is 353 g/mol. The molecule has 0 radical (unpaired) electrons. The largest absolute Gasteiger partial charge is 0.417 e. The van der Waals surface area contributed by atoms with Crippen LogP contribution in [0.25, 0.3) is 0 Å². The Morgan fingerprint density at radius 3 is 2.48 bits per heavy atom. The number of nitrogens with zero attached hydrogens (tertiary/aromatic N) is 2. The number of hydrogen-bond donors (Lipinski definition) is 1. The summed E-state index contributed by atoms with van der Waals surface area (Å²) >= 11 is 0. The van der Waals surface area contributed by atoms with Gasteiger partial charge in [-0.2, -0.15) is 13.2 Å². The minimum absolute atomic E-state index is 0.151. The Morgan fingerprint density at radius 1 is 1.16 bits per heavy atom. The molecule has 1 aromatic carbocycles. The second-order valence-corrected chi connectivity index (χ2v) is 5.81. The summed E-state index contributed by atoms with van der Waals surface area (Å²) in [7, 11) is 0. The van der Waals surface area contributed by atoms with Crippen LogP contribution in [0.5, 0.6) is 0 Å². The number of alkyl halides is 3. The zero-order valence-electron chi connectivity index (χ0n) is 13.1. The van der Waals surface area contributed by atoms with Gasteiger partial charge in [-0.1, -0.05) is 0 Å². The first-order valence-electron chi connectivity index (χ1n) is 7.67. The van der Waals surface area contributed by atoms with Crippen molar-refractivity contribution >= 4 is 11.7 Å². The highest BCUT2D eigenvalue weighted by atomic mass is 19.4. The summed E-state index contributed by atoms with van der Waals surface area (Å²) in [5.41, 5.74) is -0.441. The molecule has 1 unspecified atom stereocenters. The summed E-state index contributed by atoms with van der Waals surface area (Å²) in [4.78, 5) is 17.8. The van der Waals surface area contributed by atoms with Gasteiger partial charge in [-0.25, -0.2) is 9.37 Å². The number of nitrogens with one attached hydrogen (secondary N) is 1. The van der Waals surface area contributed by atoms with Gasteiger partial charge in [0.15, 0.2) is 0 Å². The lowest BCUT2D eigenvalue weighted by Crippen LogP contribution is -2.37. The number of carbonyl (C=O) groups excluding carboxylic acids is 1. The van der Waals surface area contributed by atoms with E-state index in [1.54, 1.807) is 0 Å². The zero-order chi connectivity index (χ0) is 18.0. The van der Waals surface area contributed by atoms with Crippen LogP contribution in [0.15, 0.2) is 42.6 Å². The molecule has 0 saturated carbocycles. The monoisotopic (exact) mass is 353 g/mol. The van der Waals surface area contributed by atoms with Crippen molar-refractivity contribution in [3.63, 3.8) is 0 Å². The predicted molar refractivity (Wildman–Crippen MR) is 83.7 cm³/mol. The first-order valence-corrected chi connectivity index (χ1v) is 7.67. The van der Waals surface area contributed by atoms with Crippen LogP contribution in [-0.4, -0.2) is 30.0 Å². The maximum absolute atomic E-state index is 12.9. The Morgan fingerprint density at radius 2 is 1.88 bits per heavy atom. The standard InChI is InChI=1S/C17H15F4N3O/c18-13-4-1-11(2-5-13)16(25)23-14-7-8-24(10-14)15-6-3-12(9-22-15)17(19,20)21/h1-6,9,14H,7-8,10H2,(H,23,25). The predicted octanol–water partition coefficient (Wildman–Crippen LogP) is 3.25. The zero-order valence-corrected chi connectivity index (χ0v) is 13.1. The lowest BCUT2D eigenvalue weighted by atomic mass is 10.2. The Hall–Kier alpha value is -2.64. The Labute approximate surface area is 141 Å². The molecule has 1 fully saturated rings. The summed E-state index contributed by atoms with van der Waals surface area (Å²) in [6.45, 7) is 1.03. The van der Waals surface area contributed by atoms with E-state index in [0.29, 0.717) is 30.9 Å². The van der Waals surface area contributed by atoms with Crippen molar-refractivity contribution in [2.75, 3.05) is 18.0 Å². The van der Waals surface area contributed by atoms with Crippen LogP contribution >= 0.6 is 0 Å². The van der Waals surface area contributed by atoms with E-state index in [1.165, 1.54) is 30.3 Å².